The Balaban J connectivity index is 2.91. The number of thiol groups is 1. The highest BCUT2D eigenvalue weighted by Gasteiger charge is 1.97. The van der Waals surface area contributed by atoms with Gasteiger partial charge in [-0.1, -0.05) is 12.8 Å². The summed E-state index contributed by atoms with van der Waals surface area (Å²) in [5, 5.41) is 0. The van der Waals surface area contributed by atoms with Gasteiger partial charge in [-0.25, -0.2) is 0 Å². The smallest absolute Gasteiger partial charge is 0.248 e. The summed E-state index contributed by atoms with van der Waals surface area (Å²) >= 11 is 3.83. The van der Waals surface area contributed by atoms with Crippen molar-refractivity contribution < 1.29 is 4.79 Å². The van der Waals surface area contributed by atoms with Crippen LogP contribution >= 0.6 is 12.8 Å². The van der Waals surface area contributed by atoms with E-state index in [0.29, 0.717) is 5.56 Å². The van der Waals surface area contributed by atoms with Crippen molar-refractivity contribution in [3.05, 3.63) is 29.8 Å². The van der Waals surface area contributed by atoms with Crippen molar-refractivity contribution in [3.63, 3.8) is 0 Å². The van der Waals surface area contributed by atoms with Gasteiger partial charge >= 0.3 is 0 Å². The maximum atomic E-state index is 10.6. The molecule has 0 unspecified atom stereocenters. The lowest BCUT2D eigenvalue weighted by Gasteiger charge is -1.98. The minimum Gasteiger partial charge on any atom is -0.366 e. The van der Waals surface area contributed by atoms with Crippen LogP contribution in [0, 0.1) is 0 Å². The number of anilines is 1. The van der Waals surface area contributed by atoms with Crippen molar-refractivity contribution >= 4 is 24.4 Å². The molecule has 3 N–H and O–H groups in total. The standard InChI is InChI=1S/C7H8N2OS/c8-7(10)5-1-3-6(9-11)4-2-5/h1-4,9,11H,(H2,8,10). The first-order chi connectivity index (χ1) is 5.24. The predicted octanol–water partition coefficient (Wildman–Crippen LogP) is 1.04. The number of carbonyl (C=O) groups is 1. The number of rotatable bonds is 2. The van der Waals surface area contributed by atoms with Crippen LogP contribution in [0.1, 0.15) is 10.4 Å². The fourth-order valence-electron chi connectivity index (χ4n) is 0.709. The minimum atomic E-state index is -0.421. The van der Waals surface area contributed by atoms with Crippen molar-refractivity contribution in [1.29, 1.82) is 0 Å². The van der Waals surface area contributed by atoms with Gasteiger partial charge in [-0.2, -0.15) is 0 Å². The lowest BCUT2D eigenvalue weighted by Crippen LogP contribution is -2.10. The molecule has 4 heteroatoms. The van der Waals surface area contributed by atoms with Gasteiger partial charge in [0.15, 0.2) is 0 Å². The molecule has 0 aromatic heterocycles. The van der Waals surface area contributed by atoms with Crippen LogP contribution in [0.2, 0.25) is 0 Å². The Morgan fingerprint density at radius 1 is 1.36 bits per heavy atom. The van der Waals surface area contributed by atoms with Crippen molar-refractivity contribution in [1.82, 2.24) is 0 Å². The molecule has 0 saturated heterocycles. The number of nitrogens with two attached hydrogens (primary N) is 1. The first-order valence-electron chi connectivity index (χ1n) is 3.04. The summed E-state index contributed by atoms with van der Waals surface area (Å²) in [6.07, 6.45) is 0. The van der Waals surface area contributed by atoms with Crippen molar-refractivity contribution in [2.24, 2.45) is 5.73 Å². The molecule has 0 radical (unpaired) electrons. The third-order valence-electron chi connectivity index (χ3n) is 1.30. The maximum absolute atomic E-state index is 10.6. The Bertz CT molecular complexity index is 258. The topological polar surface area (TPSA) is 55.1 Å². The maximum Gasteiger partial charge on any atom is 0.248 e. The van der Waals surface area contributed by atoms with Crippen LogP contribution in [-0.2, 0) is 0 Å². The second kappa shape index (κ2) is 3.30. The zero-order valence-corrected chi connectivity index (χ0v) is 6.64. The molecule has 0 spiro atoms. The second-order valence-corrected chi connectivity index (χ2v) is 2.28. The molecule has 0 saturated carbocycles. The lowest BCUT2D eigenvalue weighted by atomic mass is 10.2. The molecule has 1 rings (SSSR count). The second-order valence-electron chi connectivity index (χ2n) is 2.05. The van der Waals surface area contributed by atoms with E-state index in [1.807, 2.05) is 0 Å². The van der Waals surface area contributed by atoms with Crippen molar-refractivity contribution in [2.75, 3.05) is 4.72 Å². The fourth-order valence-corrected chi connectivity index (χ4v) is 0.858. The highest BCUT2D eigenvalue weighted by molar-refractivity contribution is 7.81. The van der Waals surface area contributed by atoms with E-state index in [-0.39, 0.29) is 0 Å². The van der Waals surface area contributed by atoms with Crippen LogP contribution in [0.15, 0.2) is 24.3 Å². The zero-order chi connectivity index (χ0) is 8.27. The fraction of sp³-hybridized carbons (Fsp3) is 0. The summed E-state index contributed by atoms with van der Waals surface area (Å²) in [5.41, 5.74) is 6.36. The predicted molar refractivity (Wildman–Crippen MR) is 47.6 cm³/mol. The molecule has 0 heterocycles. The Labute approximate surface area is 70.1 Å². The van der Waals surface area contributed by atoms with Gasteiger partial charge in [-0.05, 0) is 24.3 Å². The minimum absolute atomic E-state index is 0.421. The Morgan fingerprint density at radius 2 is 1.91 bits per heavy atom. The molecule has 1 aromatic carbocycles. The van der Waals surface area contributed by atoms with Crippen LogP contribution in [0.5, 0.6) is 0 Å². The Kier molecular flexibility index (Phi) is 2.38. The quantitative estimate of drug-likeness (QED) is 0.578. The highest BCUT2D eigenvalue weighted by atomic mass is 32.1. The third kappa shape index (κ3) is 1.88. The number of carbonyl (C=O) groups excluding carboxylic acids is 1. The van der Waals surface area contributed by atoms with E-state index in [2.05, 4.69) is 17.5 Å². The van der Waals surface area contributed by atoms with Crippen LogP contribution in [0.3, 0.4) is 0 Å². The summed E-state index contributed by atoms with van der Waals surface area (Å²) in [4.78, 5) is 10.6. The van der Waals surface area contributed by atoms with Gasteiger partial charge in [-0.15, -0.1) is 0 Å². The van der Waals surface area contributed by atoms with Gasteiger partial charge in [-0.3, -0.25) is 4.79 Å². The van der Waals surface area contributed by atoms with E-state index in [4.69, 9.17) is 5.73 Å². The summed E-state index contributed by atoms with van der Waals surface area (Å²) in [6.45, 7) is 0. The molecule has 0 aliphatic heterocycles. The Hall–Kier alpha value is -1.16. The van der Waals surface area contributed by atoms with Crippen LogP contribution in [-0.4, -0.2) is 5.91 Å². The number of hydrogen-bond donors (Lipinski definition) is 3. The molecule has 0 fully saturated rings. The van der Waals surface area contributed by atoms with E-state index in [9.17, 15) is 4.79 Å². The summed E-state index contributed by atoms with van der Waals surface area (Å²) in [6, 6.07) is 6.74. The molecular weight excluding hydrogens is 160 g/mol. The molecule has 1 amide bonds. The lowest BCUT2D eigenvalue weighted by molar-refractivity contribution is 0.100. The van der Waals surface area contributed by atoms with Gasteiger partial charge in [0.2, 0.25) is 5.91 Å². The molecule has 58 valence electrons. The van der Waals surface area contributed by atoms with Gasteiger partial charge in [0.05, 0.1) is 0 Å². The molecule has 1 aromatic rings. The largest absolute Gasteiger partial charge is 0.366 e. The van der Waals surface area contributed by atoms with Crippen LogP contribution in [0.4, 0.5) is 5.69 Å². The number of hydrogen-bond acceptors (Lipinski definition) is 3. The average molecular weight is 168 g/mol. The summed E-state index contributed by atoms with van der Waals surface area (Å²) in [5.74, 6) is -0.421. The van der Waals surface area contributed by atoms with Gasteiger partial charge in [0.1, 0.15) is 0 Å². The first-order valence-corrected chi connectivity index (χ1v) is 3.48. The SMILES string of the molecule is NC(=O)c1ccc(NS)cc1. The number of primary amides is 1. The van der Waals surface area contributed by atoms with E-state index in [1.165, 1.54) is 0 Å². The van der Waals surface area contributed by atoms with Crippen LogP contribution in [0.25, 0.3) is 0 Å². The molecule has 0 aliphatic carbocycles. The van der Waals surface area contributed by atoms with E-state index in [1.54, 1.807) is 24.3 Å². The number of benzene rings is 1. The highest BCUT2D eigenvalue weighted by Crippen LogP contribution is 2.08. The molecule has 0 bridgehead atoms. The molecule has 3 nitrogen and oxygen atoms in total. The van der Waals surface area contributed by atoms with Crippen LogP contribution < -0.4 is 10.5 Å². The van der Waals surface area contributed by atoms with Crippen molar-refractivity contribution in [2.45, 2.75) is 0 Å². The van der Waals surface area contributed by atoms with E-state index in [0.717, 1.165) is 5.69 Å². The number of nitrogens with one attached hydrogen (secondary N) is 1. The van der Waals surface area contributed by atoms with Gasteiger partial charge < -0.3 is 10.5 Å². The molecule has 0 aliphatic rings. The van der Waals surface area contributed by atoms with E-state index >= 15 is 0 Å². The summed E-state index contributed by atoms with van der Waals surface area (Å²) in [7, 11) is 0. The molecular formula is C7H8N2OS. The van der Waals surface area contributed by atoms with E-state index < -0.39 is 5.91 Å². The first kappa shape index (κ1) is 7.94. The molecule has 0 atom stereocenters. The normalized spacial score (nSPS) is 9.18. The number of amides is 1. The van der Waals surface area contributed by atoms with Gasteiger partial charge in [0.25, 0.3) is 0 Å². The monoisotopic (exact) mass is 168 g/mol. The molecule has 11 heavy (non-hydrogen) atoms. The zero-order valence-electron chi connectivity index (χ0n) is 5.74. The third-order valence-corrected chi connectivity index (χ3v) is 1.56. The Morgan fingerprint density at radius 3 is 2.27 bits per heavy atom. The average Bonchev–Trinajstić information content (AvgIpc) is 2.05. The van der Waals surface area contributed by atoms with Crippen molar-refractivity contribution in [3.8, 4) is 0 Å². The summed E-state index contributed by atoms with van der Waals surface area (Å²) < 4.78 is 2.64. The van der Waals surface area contributed by atoms with Gasteiger partial charge in [0, 0.05) is 11.3 Å².